The first kappa shape index (κ1) is 8.72. The molecular weight excluding hydrogens is 134 g/mol. The Kier molecular flexibility index (Phi) is 2.65. The van der Waals surface area contributed by atoms with E-state index < -0.39 is 11.6 Å². The fraction of sp³-hybridized carbons (Fsp3) is 0.600. The molecule has 0 aliphatic heterocycles. The van der Waals surface area contributed by atoms with Crippen molar-refractivity contribution in [3.05, 3.63) is 0 Å². The van der Waals surface area contributed by atoms with Crippen molar-refractivity contribution < 1.29 is 9.90 Å². The van der Waals surface area contributed by atoms with Gasteiger partial charge >= 0.3 is 6.09 Å². The minimum absolute atomic E-state index is 0.0567. The van der Waals surface area contributed by atoms with Crippen molar-refractivity contribution in [1.29, 1.82) is 5.26 Å². The van der Waals surface area contributed by atoms with Gasteiger partial charge in [0, 0.05) is 0 Å². The highest BCUT2D eigenvalue weighted by atomic mass is 16.4. The summed E-state index contributed by atoms with van der Waals surface area (Å²) in [6.07, 6.45) is -1.17. The lowest BCUT2D eigenvalue weighted by Gasteiger charge is -2.13. The van der Waals surface area contributed by atoms with Crippen molar-refractivity contribution in [2.45, 2.75) is 12.5 Å². The van der Waals surface area contributed by atoms with Crippen LogP contribution in [0.25, 0.3) is 0 Å². The van der Waals surface area contributed by atoms with Crippen molar-refractivity contribution in [1.82, 2.24) is 5.32 Å². The highest BCUT2D eigenvalue weighted by molar-refractivity contribution is 5.64. The maximum atomic E-state index is 9.89. The maximum Gasteiger partial charge on any atom is 0.404 e. The highest BCUT2D eigenvalue weighted by Gasteiger charge is 2.17. The molecule has 0 aliphatic rings. The van der Waals surface area contributed by atoms with E-state index in [4.69, 9.17) is 16.1 Å². The first-order valence-electron chi connectivity index (χ1n) is 2.65. The third-order valence-electron chi connectivity index (χ3n) is 0.862. The predicted molar refractivity (Wildman–Crippen MR) is 34.2 cm³/mol. The molecule has 1 unspecified atom stereocenters. The van der Waals surface area contributed by atoms with Gasteiger partial charge < -0.3 is 16.2 Å². The molecule has 0 aliphatic carbocycles. The molecule has 10 heavy (non-hydrogen) atoms. The van der Waals surface area contributed by atoms with Gasteiger partial charge in [-0.3, -0.25) is 0 Å². The van der Waals surface area contributed by atoms with E-state index in [9.17, 15) is 4.79 Å². The van der Waals surface area contributed by atoms with Gasteiger partial charge in [0.15, 0.2) is 0 Å². The highest BCUT2D eigenvalue weighted by Crippen LogP contribution is 1.91. The summed E-state index contributed by atoms with van der Waals surface area (Å²) in [5.74, 6) is 0. The van der Waals surface area contributed by atoms with Crippen LogP contribution in [0, 0.1) is 11.3 Å². The van der Waals surface area contributed by atoms with Crippen molar-refractivity contribution in [2.24, 2.45) is 5.73 Å². The lowest BCUT2D eigenvalue weighted by Crippen LogP contribution is -2.46. The van der Waals surface area contributed by atoms with Crippen LogP contribution in [0.4, 0.5) is 4.79 Å². The van der Waals surface area contributed by atoms with Crippen LogP contribution < -0.4 is 11.1 Å². The Labute approximate surface area is 58.4 Å². The number of hydrogen-bond acceptors (Lipinski definition) is 3. The Bertz CT molecular complexity index is 170. The molecule has 5 nitrogen and oxygen atoms in total. The van der Waals surface area contributed by atoms with Crippen LogP contribution in [0.1, 0.15) is 6.92 Å². The predicted octanol–water partition coefficient (Wildman–Crippen LogP) is -0.505. The third kappa shape index (κ3) is 3.69. The first-order chi connectivity index (χ1) is 4.48. The number of hydrogen-bond donors (Lipinski definition) is 3. The zero-order valence-electron chi connectivity index (χ0n) is 5.59. The Balaban J connectivity index is 3.71. The van der Waals surface area contributed by atoms with Gasteiger partial charge in [0.1, 0.15) is 5.54 Å². The van der Waals surface area contributed by atoms with Gasteiger partial charge in [0.05, 0.1) is 12.6 Å². The second-order valence-corrected chi connectivity index (χ2v) is 2.19. The Hall–Kier alpha value is -1.28. The Morgan fingerprint density at radius 2 is 2.50 bits per heavy atom. The number of nitrogens with two attached hydrogens (primary N) is 1. The second kappa shape index (κ2) is 3.03. The lowest BCUT2D eigenvalue weighted by atomic mass is 10.1. The van der Waals surface area contributed by atoms with Crippen molar-refractivity contribution in [3.8, 4) is 6.07 Å². The minimum Gasteiger partial charge on any atom is -0.465 e. The van der Waals surface area contributed by atoms with E-state index in [-0.39, 0.29) is 6.54 Å². The summed E-state index contributed by atoms with van der Waals surface area (Å²) in [6.45, 7) is 1.39. The molecule has 56 valence electrons. The van der Waals surface area contributed by atoms with Gasteiger partial charge in [-0.05, 0) is 6.92 Å². The summed E-state index contributed by atoms with van der Waals surface area (Å²) in [4.78, 5) is 9.89. The molecule has 1 atom stereocenters. The molecule has 0 aromatic rings. The number of amides is 1. The van der Waals surface area contributed by atoms with E-state index in [1.54, 1.807) is 6.07 Å². The molecule has 0 saturated heterocycles. The maximum absolute atomic E-state index is 9.89. The SMILES string of the molecule is CC(N)(C#N)CNC(=O)O. The van der Waals surface area contributed by atoms with Crippen molar-refractivity contribution in [3.63, 3.8) is 0 Å². The largest absolute Gasteiger partial charge is 0.465 e. The molecule has 0 aromatic carbocycles. The van der Waals surface area contributed by atoms with Crippen molar-refractivity contribution in [2.75, 3.05) is 6.54 Å². The average molecular weight is 143 g/mol. The quantitative estimate of drug-likeness (QED) is 0.485. The number of carboxylic acid groups (broad SMARTS) is 1. The van der Waals surface area contributed by atoms with Crippen molar-refractivity contribution >= 4 is 6.09 Å². The number of rotatable bonds is 2. The van der Waals surface area contributed by atoms with Gasteiger partial charge in [0.2, 0.25) is 0 Å². The zero-order valence-corrected chi connectivity index (χ0v) is 5.59. The fourth-order valence-electron chi connectivity index (χ4n) is 0.299. The summed E-state index contributed by atoms with van der Waals surface area (Å²) in [5, 5.41) is 18.4. The molecule has 4 N–H and O–H groups in total. The monoisotopic (exact) mass is 143 g/mol. The summed E-state index contributed by atoms with van der Waals surface area (Å²) in [6, 6.07) is 1.75. The molecular formula is C5H9N3O2. The lowest BCUT2D eigenvalue weighted by molar-refractivity contribution is 0.193. The third-order valence-corrected chi connectivity index (χ3v) is 0.862. The molecule has 5 heteroatoms. The summed E-state index contributed by atoms with van der Waals surface area (Å²) >= 11 is 0. The topological polar surface area (TPSA) is 99.1 Å². The molecule has 0 spiro atoms. The zero-order chi connectivity index (χ0) is 8.20. The second-order valence-electron chi connectivity index (χ2n) is 2.19. The smallest absolute Gasteiger partial charge is 0.404 e. The van der Waals surface area contributed by atoms with E-state index in [0.29, 0.717) is 0 Å². The van der Waals surface area contributed by atoms with Crippen LogP contribution in [-0.4, -0.2) is 23.3 Å². The first-order valence-corrected chi connectivity index (χ1v) is 2.65. The van der Waals surface area contributed by atoms with E-state index in [2.05, 4.69) is 0 Å². The van der Waals surface area contributed by atoms with E-state index >= 15 is 0 Å². The molecule has 0 rings (SSSR count). The molecule has 1 amide bonds. The number of nitrogens with one attached hydrogen (secondary N) is 1. The number of nitrogens with zero attached hydrogens (tertiary/aromatic N) is 1. The minimum atomic E-state index is -1.17. The van der Waals surface area contributed by atoms with Gasteiger partial charge in [-0.1, -0.05) is 0 Å². The molecule has 0 bridgehead atoms. The average Bonchev–Trinajstić information content (AvgIpc) is 1.85. The summed E-state index contributed by atoms with van der Waals surface area (Å²) in [5.41, 5.74) is 4.16. The van der Waals surface area contributed by atoms with Gasteiger partial charge in [-0.25, -0.2) is 4.79 Å². The molecule has 0 fully saturated rings. The fourth-order valence-corrected chi connectivity index (χ4v) is 0.299. The molecule has 0 aromatic heterocycles. The van der Waals surface area contributed by atoms with E-state index in [1.165, 1.54) is 6.92 Å². The summed E-state index contributed by atoms with van der Waals surface area (Å²) < 4.78 is 0. The molecule has 0 heterocycles. The van der Waals surface area contributed by atoms with Crippen LogP contribution >= 0.6 is 0 Å². The normalized spacial score (nSPS) is 14.9. The number of nitriles is 1. The van der Waals surface area contributed by atoms with Crippen LogP contribution in [0.3, 0.4) is 0 Å². The van der Waals surface area contributed by atoms with Gasteiger partial charge in [0.25, 0.3) is 0 Å². The number of carbonyl (C=O) groups is 1. The van der Waals surface area contributed by atoms with Gasteiger partial charge in [-0.2, -0.15) is 5.26 Å². The Morgan fingerprint density at radius 1 is 2.00 bits per heavy atom. The van der Waals surface area contributed by atoms with E-state index in [1.807, 2.05) is 5.32 Å². The standard InChI is InChI=1S/C5H9N3O2/c1-5(7,2-6)3-8-4(9)10/h8H,3,7H2,1H3,(H,9,10). The van der Waals surface area contributed by atoms with Crippen LogP contribution in [0.5, 0.6) is 0 Å². The van der Waals surface area contributed by atoms with Crippen LogP contribution in [0.2, 0.25) is 0 Å². The molecule has 0 saturated carbocycles. The van der Waals surface area contributed by atoms with E-state index in [0.717, 1.165) is 0 Å². The Morgan fingerprint density at radius 3 is 2.80 bits per heavy atom. The molecule has 0 radical (unpaired) electrons. The van der Waals surface area contributed by atoms with Crippen LogP contribution in [0.15, 0.2) is 0 Å². The summed E-state index contributed by atoms with van der Waals surface area (Å²) in [7, 11) is 0. The van der Waals surface area contributed by atoms with Gasteiger partial charge in [-0.15, -0.1) is 0 Å². The van der Waals surface area contributed by atoms with Crippen LogP contribution in [-0.2, 0) is 0 Å².